The summed E-state index contributed by atoms with van der Waals surface area (Å²) in [5.41, 5.74) is 3.90. The van der Waals surface area contributed by atoms with Crippen molar-refractivity contribution in [2.24, 2.45) is 0 Å². The third kappa shape index (κ3) is 4.56. The Balaban J connectivity index is 1.71. The molecule has 1 N–H and O–H groups in total. The summed E-state index contributed by atoms with van der Waals surface area (Å²) in [7, 11) is -3.95. The minimum Gasteiger partial charge on any atom is -0.476 e. The Hall–Kier alpha value is -3.03. The lowest BCUT2D eigenvalue weighted by Crippen LogP contribution is -2.49. The van der Waals surface area contributed by atoms with Gasteiger partial charge in [-0.2, -0.15) is 0 Å². The summed E-state index contributed by atoms with van der Waals surface area (Å²) in [6.45, 7) is 5.64. The van der Waals surface area contributed by atoms with Gasteiger partial charge in [0.2, 0.25) is 0 Å². The van der Waals surface area contributed by atoms with E-state index in [1.807, 2.05) is 39.0 Å². The fraction of sp³-hybridized carbons (Fsp3) is 0.240. The molecule has 0 aromatic heterocycles. The molecule has 1 aliphatic heterocycles. The Kier molecular flexibility index (Phi) is 6.36. The average molecular weight is 485 g/mol. The number of anilines is 2. The summed E-state index contributed by atoms with van der Waals surface area (Å²) >= 11 is 6.16. The lowest BCUT2D eigenvalue weighted by Gasteiger charge is -2.35. The van der Waals surface area contributed by atoms with Crippen molar-refractivity contribution in [1.82, 2.24) is 0 Å². The number of carbonyl (C=O) groups excluding carboxylic acids is 1. The highest BCUT2D eigenvalue weighted by Crippen LogP contribution is 2.39. The van der Waals surface area contributed by atoms with E-state index in [-0.39, 0.29) is 17.2 Å². The quantitative estimate of drug-likeness (QED) is 0.545. The Morgan fingerprint density at radius 2 is 1.85 bits per heavy atom. The first-order valence-corrected chi connectivity index (χ1v) is 12.5. The number of para-hydroxylation sites is 1. The number of nitrogens with one attached hydrogen (secondary N) is 1. The molecule has 0 saturated carbocycles. The van der Waals surface area contributed by atoms with E-state index in [9.17, 15) is 13.2 Å². The molecule has 4 rings (SSSR count). The number of benzene rings is 3. The maximum Gasteiger partial charge on any atom is 0.267 e. The van der Waals surface area contributed by atoms with Crippen LogP contribution >= 0.6 is 11.6 Å². The van der Waals surface area contributed by atoms with Gasteiger partial charge in [0.1, 0.15) is 5.75 Å². The number of sulfonamides is 1. The number of nitrogens with zero attached hydrogens (tertiary/aromatic N) is 1. The number of fused-ring (bicyclic) bond motifs is 1. The second-order valence-corrected chi connectivity index (χ2v) is 10.3. The molecule has 0 fully saturated rings. The monoisotopic (exact) mass is 484 g/mol. The van der Waals surface area contributed by atoms with Crippen LogP contribution in [0.3, 0.4) is 0 Å². The summed E-state index contributed by atoms with van der Waals surface area (Å²) in [6.07, 6.45) is -0.291. The zero-order chi connectivity index (χ0) is 23.8. The van der Waals surface area contributed by atoms with Gasteiger partial charge < -0.3 is 10.1 Å². The summed E-state index contributed by atoms with van der Waals surface area (Å²) in [4.78, 5) is 13.4. The van der Waals surface area contributed by atoms with Crippen molar-refractivity contribution in [1.29, 1.82) is 0 Å². The summed E-state index contributed by atoms with van der Waals surface area (Å²) < 4.78 is 34.2. The predicted octanol–water partition coefficient (Wildman–Crippen LogP) is 5.11. The molecule has 0 saturated heterocycles. The van der Waals surface area contributed by atoms with Crippen molar-refractivity contribution in [3.05, 3.63) is 82.4 Å². The standard InChI is InChI=1S/C25H25ClN2O4S/c1-4-18-7-5-6-17(3)24(18)27-25(29)23-15-28(21-14-19(26)10-13-22(21)32-23)33(30,31)20-11-8-16(2)9-12-20/h5-14,23H,4,15H2,1-3H3,(H,27,29). The van der Waals surface area contributed by atoms with Crippen molar-refractivity contribution >= 4 is 38.9 Å². The van der Waals surface area contributed by atoms with Crippen molar-refractivity contribution in [3.8, 4) is 5.75 Å². The van der Waals surface area contributed by atoms with Crippen molar-refractivity contribution in [2.75, 3.05) is 16.2 Å². The molecule has 8 heteroatoms. The van der Waals surface area contributed by atoms with Crippen molar-refractivity contribution < 1.29 is 17.9 Å². The molecule has 33 heavy (non-hydrogen) atoms. The van der Waals surface area contributed by atoms with Crippen LogP contribution in [0.15, 0.2) is 65.6 Å². The van der Waals surface area contributed by atoms with Gasteiger partial charge in [-0.1, -0.05) is 54.4 Å². The van der Waals surface area contributed by atoms with Crippen LogP contribution in [-0.2, 0) is 21.2 Å². The first-order chi connectivity index (χ1) is 15.7. The van der Waals surface area contributed by atoms with Crippen LogP contribution in [0.25, 0.3) is 0 Å². The lowest BCUT2D eigenvalue weighted by molar-refractivity contribution is -0.122. The zero-order valence-corrected chi connectivity index (χ0v) is 20.2. The lowest BCUT2D eigenvalue weighted by atomic mass is 10.1. The maximum atomic E-state index is 13.5. The SMILES string of the molecule is CCc1cccc(C)c1NC(=O)C1CN(S(=O)(=O)c2ccc(C)cc2)c2cc(Cl)ccc2O1. The van der Waals surface area contributed by atoms with Gasteiger partial charge in [0.05, 0.1) is 17.1 Å². The molecule has 0 spiro atoms. The molecule has 1 unspecified atom stereocenters. The zero-order valence-electron chi connectivity index (χ0n) is 18.6. The molecule has 3 aromatic rings. The Morgan fingerprint density at radius 1 is 1.12 bits per heavy atom. The highest BCUT2D eigenvalue weighted by atomic mass is 35.5. The molecule has 0 bridgehead atoms. The highest BCUT2D eigenvalue weighted by molar-refractivity contribution is 7.92. The number of rotatable bonds is 5. The van der Waals surface area contributed by atoms with E-state index in [1.165, 1.54) is 10.4 Å². The Morgan fingerprint density at radius 3 is 2.55 bits per heavy atom. The van der Waals surface area contributed by atoms with Gasteiger partial charge in [-0.05, 0) is 61.7 Å². The van der Waals surface area contributed by atoms with Gasteiger partial charge in [-0.3, -0.25) is 9.10 Å². The summed E-state index contributed by atoms with van der Waals surface area (Å²) in [5.74, 6) is -0.134. The van der Waals surface area contributed by atoms with Crippen LogP contribution in [0.1, 0.15) is 23.6 Å². The van der Waals surface area contributed by atoms with Gasteiger partial charge in [0.25, 0.3) is 15.9 Å². The van der Waals surface area contributed by atoms with Gasteiger partial charge in [-0.25, -0.2) is 8.42 Å². The normalized spacial score (nSPS) is 15.5. The third-order valence-electron chi connectivity index (χ3n) is 5.68. The maximum absolute atomic E-state index is 13.5. The molecule has 0 aliphatic carbocycles. The minimum atomic E-state index is -3.95. The smallest absolute Gasteiger partial charge is 0.267 e. The fourth-order valence-corrected chi connectivity index (χ4v) is 5.47. The van der Waals surface area contributed by atoms with Crippen LogP contribution in [0.4, 0.5) is 11.4 Å². The number of ether oxygens (including phenoxy) is 1. The Bertz CT molecular complexity index is 1310. The first kappa shape index (κ1) is 23.1. The topological polar surface area (TPSA) is 75.7 Å². The number of aryl methyl sites for hydroxylation is 3. The molecule has 1 heterocycles. The van der Waals surface area contributed by atoms with Crippen LogP contribution in [-0.4, -0.2) is 27.0 Å². The van der Waals surface area contributed by atoms with Gasteiger partial charge in [-0.15, -0.1) is 0 Å². The predicted molar refractivity (Wildman–Crippen MR) is 131 cm³/mol. The van der Waals surface area contributed by atoms with E-state index in [0.29, 0.717) is 10.7 Å². The van der Waals surface area contributed by atoms with E-state index >= 15 is 0 Å². The van der Waals surface area contributed by atoms with E-state index < -0.39 is 22.0 Å². The summed E-state index contributed by atoms with van der Waals surface area (Å²) in [6, 6.07) is 17.1. The van der Waals surface area contributed by atoms with Gasteiger partial charge >= 0.3 is 0 Å². The molecule has 1 atom stereocenters. The Labute approximate surface area is 199 Å². The molecule has 1 amide bonds. The molecule has 1 aliphatic rings. The summed E-state index contributed by atoms with van der Waals surface area (Å²) in [5, 5.41) is 3.32. The second kappa shape index (κ2) is 9.08. The number of hydrogen-bond acceptors (Lipinski definition) is 4. The first-order valence-electron chi connectivity index (χ1n) is 10.7. The molecular formula is C25H25ClN2O4S. The number of carbonyl (C=O) groups is 1. The largest absolute Gasteiger partial charge is 0.476 e. The van der Waals surface area contributed by atoms with Crippen LogP contribution < -0.4 is 14.4 Å². The van der Waals surface area contributed by atoms with Crippen molar-refractivity contribution in [3.63, 3.8) is 0 Å². The average Bonchev–Trinajstić information content (AvgIpc) is 2.79. The van der Waals surface area contributed by atoms with E-state index in [4.69, 9.17) is 16.3 Å². The van der Waals surface area contributed by atoms with E-state index in [1.54, 1.807) is 36.4 Å². The fourth-order valence-electron chi connectivity index (χ4n) is 3.83. The highest BCUT2D eigenvalue weighted by Gasteiger charge is 2.38. The third-order valence-corrected chi connectivity index (χ3v) is 7.71. The number of halogens is 1. The molecule has 0 radical (unpaired) electrons. The minimum absolute atomic E-state index is 0.132. The van der Waals surface area contributed by atoms with Crippen molar-refractivity contribution in [2.45, 2.75) is 38.2 Å². The van der Waals surface area contributed by atoms with Crippen LogP contribution in [0, 0.1) is 13.8 Å². The molecule has 6 nitrogen and oxygen atoms in total. The number of amides is 1. The molecule has 172 valence electrons. The van der Waals surface area contributed by atoms with E-state index in [0.717, 1.165) is 28.8 Å². The second-order valence-electron chi connectivity index (χ2n) is 8.02. The van der Waals surface area contributed by atoms with Gasteiger partial charge in [0, 0.05) is 10.7 Å². The number of hydrogen-bond donors (Lipinski definition) is 1. The van der Waals surface area contributed by atoms with Gasteiger partial charge in [0.15, 0.2) is 6.10 Å². The van der Waals surface area contributed by atoms with Crippen LogP contribution in [0.2, 0.25) is 5.02 Å². The molecular weight excluding hydrogens is 460 g/mol. The van der Waals surface area contributed by atoms with E-state index in [2.05, 4.69) is 5.32 Å². The molecule has 3 aromatic carbocycles. The van der Waals surface area contributed by atoms with Crippen LogP contribution in [0.5, 0.6) is 5.75 Å².